The number of hydrogen-bond donors (Lipinski definition) is 0. The minimum atomic E-state index is -0.00689. The second-order valence-corrected chi connectivity index (χ2v) is 7.24. The third-order valence-corrected chi connectivity index (χ3v) is 3.96. The molecule has 0 aliphatic heterocycles. The van der Waals surface area contributed by atoms with Gasteiger partial charge in [-0.3, -0.25) is 4.79 Å². The van der Waals surface area contributed by atoms with Gasteiger partial charge in [-0.15, -0.1) is 0 Å². The second-order valence-electron chi connectivity index (χ2n) is 6.00. The van der Waals surface area contributed by atoms with E-state index in [9.17, 15) is 4.79 Å². The molecule has 0 unspecified atom stereocenters. The van der Waals surface area contributed by atoms with Crippen LogP contribution in [0.5, 0.6) is 5.75 Å². The van der Waals surface area contributed by atoms with E-state index >= 15 is 0 Å². The van der Waals surface area contributed by atoms with E-state index in [2.05, 4.69) is 49.4 Å². The summed E-state index contributed by atoms with van der Waals surface area (Å²) in [5.41, 5.74) is 1.95. The van der Waals surface area contributed by atoms with Gasteiger partial charge >= 0.3 is 0 Å². The van der Waals surface area contributed by atoms with Crippen LogP contribution in [0.4, 0.5) is 0 Å². The van der Waals surface area contributed by atoms with Crippen LogP contribution in [0.25, 0.3) is 0 Å². The number of ketones is 1. The van der Waals surface area contributed by atoms with Crippen molar-refractivity contribution in [1.29, 1.82) is 0 Å². The molecule has 2 aromatic rings. The van der Waals surface area contributed by atoms with Crippen molar-refractivity contribution in [1.82, 2.24) is 0 Å². The quantitative estimate of drug-likeness (QED) is 0.548. The lowest BCUT2D eigenvalue weighted by atomic mass is 9.87. The summed E-state index contributed by atoms with van der Waals surface area (Å²) in [7, 11) is 0. The number of halogens is 1. The smallest absolute Gasteiger partial charge is 0.200 e. The molecule has 0 fully saturated rings. The van der Waals surface area contributed by atoms with Crippen molar-refractivity contribution in [3.63, 3.8) is 0 Å². The van der Waals surface area contributed by atoms with Gasteiger partial charge < -0.3 is 4.74 Å². The molecule has 110 valence electrons. The fraction of sp³-hybridized carbons (Fsp3) is 0.278. The molecule has 0 saturated heterocycles. The Balaban J connectivity index is 2.03. The van der Waals surface area contributed by atoms with Gasteiger partial charge in [0, 0.05) is 9.13 Å². The molecule has 2 aromatic carbocycles. The Bertz CT molecular complexity index is 624. The van der Waals surface area contributed by atoms with E-state index in [-0.39, 0.29) is 17.8 Å². The first kappa shape index (κ1) is 16.0. The normalized spacial score (nSPS) is 11.2. The topological polar surface area (TPSA) is 26.3 Å². The van der Waals surface area contributed by atoms with Crippen molar-refractivity contribution in [3.05, 3.63) is 63.2 Å². The molecule has 21 heavy (non-hydrogen) atoms. The number of hydrogen-bond acceptors (Lipinski definition) is 2. The molecule has 0 aliphatic rings. The Labute approximate surface area is 139 Å². The van der Waals surface area contributed by atoms with Gasteiger partial charge in [0.1, 0.15) is 5.75 Å². The number of carbonyl (C=O) groups is 1. The molecule has 0 aromatic heterocycles. The third-order valence-electron chi connectivity index (χ3n) is 3.24. The summed E-state index contributed by atoms with van der Waals surface area (Å²) >= 11 is 2.22. The zero-order valence-electron chi connectivity index (χ0n) is 12.5. The van der Waals surface area contributed by atoms with Crippen LogP contribution in [-0.4, -0.2) is 12.4 Å². The maximum atomic E-state index is 12.1. The highest BCUT2D eigenvalue weighted by molar-refractivity contribution is 14.1. The molecular formula is C18H19IO2. The van der Waals surface area contributed by atoms with Gasteiger partial charge in [-0.1, -0.05) is 45.0 Å². The van der Waals surface area contributed by atoms with Crippen molar-refractivity contribution in [3.8, 4) is 5.75 Å². The predicted octanol–water partition coefficient (Wildman–Crippen LogP) is 4.85. The molecule has 0 heterocycles. The molecular weight excluding hydrogens is 375 g/mol. The summed E-state index contributed by atoms with van der Waals surface area (Å²) in [5.74, 6) is 0.730. The Hall–Kier alpha value is -1.36. The van der Waals surface area contributed by atoms with Crippen LogP contribution in [0.1, 0.15) is 36.7 Å². The van der Waals surface area contributed by atoms with Crippen LogP contribution < -0.4 is 4.74 Å². The van der Waals surface area contributed by atoms with Crippen LogP contribution in [0.3, 0.4) is 0 Å². The zero-order valence-corrected chi connectivity index (χ0v) is 14.7. The standard InChI is InChI=1S/C18H19IO2/c1-18(2,3)14-5-4-6-16(11-14)21-12-17(20)13-7-9-15(19)10-8-13/h4-11H,12H2,1-3H3. The number of rotatable bonds is 4. The van der Waals surface area contributed by atoms with Crippen molar-refractivity contribution >= 4 is 28.4 Å². The molecule has 2 rings (SSSR count). The molecule has 0 radical (unpaired) electrons. The van der Waals surface area contributed by atoms with E-state index in [1.165, 1.54) is 5.56 Å². The molecule has 0 amide bonds. The lowest BCUT2D eigenvalue weighted by Gasteiger charge is -2.19. The predicted molar refractivity (Wildman–Crippen MR) is 94.1 cm³/mol. The van der Waals surface area contributed by atoms with E-state index in [0.717, 1.165) is 9.32 Å². The lowest BCUT2D eigenvalue weighted by molar-refractivity contribution is 0.0921. The third kappa shape index (κ3) is 4.56. The first-order valence-corrected chi connectivity index (χ1v) is 7.96. The number of ether oxygens (including phenoxy) is 1. The van der Waals surface area contributed by atoms with Crippen molar-refractivity contribution in [2.24, 2.45) is 0 Å². The summed E-state index contributed by atoms with van der Waals surface area (Å²) in [6, 6.07) is 15.4. The Morgan fingerprint density at radius 3 is 2.38 bits per heavy atom. The highest BCUT2D eigenvalue weighted by atomic mass is 127. The van der Waals surface area contributed by atoms with E-state index in [1.807, 2.05) is 42.5 Å². The second kappa shape index (κ2) is 6.60. The van der Waals surface area contributed by atoms with Gasteiger partial charge in [0.2, 0.25) is 0 Å². The van der Waals surface area contributed by atoms with E-state index in [1.54, 1.807) is 0 Å². The highest BCUT2D eigenvalue weighted by Gasteiger charge is 2.14. The van der Waals surface area contributed by atoms with E-state index in [4.69, 9.17) is 4.74 Å². The van der Waals surface area contributed by atoms with E-state index in [0.29, 0.717) is 5.56 Å². The first-order chi connectivity index (χ1) is 9.86. The molecule has 0 spiro atoms. The minimum Gasteiger partial charge on any atom is -0.485 e. The SMILES string of the molecule is CC(C)(C)c1cccc(OCC(=O)c2ccc(I)cc2)c1. The number of benzene rings is 2. The lowest BCUT2D eigenvalue weighted by Crippen LogP contribution is -2.13. The maximum absolute atomic E-state index is 12.1. The van der Waals surface area contributed by atoms with Gasteiger partial charge in [-0.2, -0.15) is 0 Å². The first-order valence-electron chi connectivity index (χ1n) is 6.88. The average Bonchev–Trinajstić information content (AvgIpc) is 2.45. The van der Waals surface area contributed by atoms with Gasteiger partial charge in [0.05, 0.1) is 0 Å². The monoisotopic (exact) mass is 394 g/mol. The number of Topliss-reactive ketones (excluding diaryl/α,β-unsaturated/α-hetero) is 1. The molecule has 0 N–H and O–H groups in total. The van der Waals surface area contributed by atoms with Crippen molar-refractivity contribution < 1.29 is 9.53 Å². The zero-order chi connectivity index (χ0) is 15.5. The van der Waals surface area contributed by atoms with Gasteiger partial charge in [-0.05, 0) is 57.8 Å². The summed E-state index contributed by atoms with van der Waals surface area (Å²) in [6.45, 7) is 6.53. The van der Waals surface area contributed by atoms with Crippen LogP contribution in [0.2, 0.25) is 0 Å². The van der Waals surface area contributed by atoms with Crippen molar-refractivity contribution in [2.45, 2.75) is 26.2 Å². The summed E-state index contributed by atoms with van der Waals surface area (Å²) in [6.07, 6.45) is 0. The fourth-order valence-electron chi connectivity index (χ4n) is 1.92. The molecule has 0 bridgehead atoms. The summed E-state index contributed by atoms with van der Waals surface area (Å²) in [4.78, 5) is 12.1. The Kier molecular flexibility index (Phi) is 5.04. The highest BCUT2D eigenvalue weighted by Crippen LogP contribution is 2.25. The molecule has 0 aliphatic carbocycles. The average molecular weight is 394 g/mol. The van der Waals surface area contributed by atoms with Gasteiger partial charge in [0.25, 0.3) is 0 Å². The molecule has 0 atom stereocenters. The Morgan fingerprint density at radius 2 is 1.76 bits per heavy atom. The van der Waals surface area contributed by atoms with Crippen LogP contribution in [0, 0.1) is 3.57 Å². The Morgan fingerprint density at radius 1 is 1.10 bits per heavy atom. The van der Waals surface area contributed by atoms with E-state index < -0.39 is 0 Å². The maximum Gasteiger partial charge on any atom is 0.200 e. The molecule has 3 heteroatoms. The van der Waals surface area contributed by atoms with Gasteiger partial charge in [0.15, 0.2) is 12.4 Å². The van der Waals surface area contributed by atoms with Crippen LogP contribution in [0.15, 0.2) is 48.5 Å². The minimum absolute atomic E-state index is 0.00689. The van der Waals surface area contributed by atoms with Crippen LogP contribution >= 0.6 is 22.6 Å². The summed E-state index contributed by atoms with van der Waals surface area (Å²) < 4.78 is 6.75. The molecule has 2 nitrogen and oxygen atoms in total. The van der Waals surface area contributed by atoms with Crippen LogP contribution in [-0.2, 0) is 5.41 Å². The molecule has 0 saturated carbocycles. The number of carbonyl (C=O) groups excluding carboxylic acids is 1. The van der Waals surface area contributed by atoms with Crippen molar-refractivity contribution in [2.75, 3.05) is 6.61 Å². The largest absolute Gasteiger partial charge is 0.485 e. The fourth-order valence-corrected chi connectivity index (χ4v) is 2.28. The summed E-state index contributed by atoms with van der Waals surface area (Å²) in [5, 5.41) is 0. The van der Waals surface area contributed by atoms with Gasteiger partial charge in [-0.25, -0.2) is 0 Å².